The molecule has 2 aromatic rings. The summed E-state index contributed by atoms with van der Waals surface area (Å²) in [6.45, 7) is 3.16. The third kappa shape index (κ3) is 4.37. The van der Waals surface area contributed by atoms with Crippen LogP contribution in [0.25, 0.3) is 0 Å². The molecule has 5 nitrogen and oxygen atoms in total. The Kier molecular flexibility index (Phi) is 5.51. The quantitative estimate of drug-likeness (QED) is 0.865. The van der Waals surface area contributed by atoms with Crippen molar-refractivity contribution in [3.05, 3.63) is 47.1 Å². The highest BCUT2D eigenvalue weighted by Gasteiger charge is 2.19. The number of halogens is 1. The molecule has 1 amide bonds. The number of hydrogen-bond donors (Lipinski definition) is 1. The first-order valence-corrected chi connectivity index (χ1v) is 9.20. The Morgan fingerprint density at radius 1 is 1.26 bits per heavy atom. The van der Waals surface area contributed by atoms with Gasteiger partial charge in [0.25, 0.3) is 0 Å². The molecule has 0 saturated heterocycles. The van der Waals surface area contributed by atoms with Crippen molar-refractivity contribution >= 4 is 33.0 Å². The number of sulfonamides is 1. The molecular formula is C15H17FN2O3S2. The summed E-state index contributed by atoms with van der Waals surface area (Å²) in [7, 11) is -3.62. The third-order valence-electron chi connectivity index (χ3n) is 3.13. The highest BCUT2D eigenvalue weighted by molar-refractivity contribution is 7.91. The maximum absolute atomic E-state index is 13.8. The zero-order valence-electron chi connectivity index (χ0n) is 12.7. The highest BCUT2D eigenvalue weighted by Crippen LogP contribution is 2.21. The molecule has 0 fully saturated rings. The minimum absolute atomic E-state index is 0.00675. The van der Waals surface area contributed by atoms with E-state index in [1.807, 2.05) is 6.92 Å². The Morgan fingerprint density at radius 3 is 2.52 bits per heavy atom. The van der Waals surface area contributed by atoms with Crippen LogP contribution in [0.4, 0.5) is 10.1 Å². The van der Waals surface area contributed by atoms with E-state index in [9.17, 15) is 17.6 Å². The lowest BCUT2D eigenvalue weighted by Crippen LogP contribution is -2.37. The molecular weight excluding hydrogens is 339 g/mol. The number of carbonyl (C=O) groups excluding carboxylic acids is 1. The van der Waals surface area contributed by atoms with Crippen LogP contribution in [-0.4, -0.2) is 27.4 Å². The number of benzene rings is 1. The summed E-state index contributed by atoms with van der Waals surface area (Å²) < 4.78 is 40.7. The average Bonchev–Trinajstić information content (AvgIpc) is 2.92. The van der Waals surface area contributed by atoms with Crippen LogP contribution in [0.1, 0.15) is 11.8 Å². The molecule has 0 saturated carbocycles. The third-order valence-corrected chi connectivity index (χ3v) is 6.08. The molecule has 0 aliphatic carbocycles. The first-order valence-electron chi connectivity index (χ1n) is 6.90. The number of thiophene rings is 1. The first kappa shape index (κ1) is 17.6. The van der Waals surface area contributed by atoms with Crippen molar-refractivity contribution in [3.63, 3.8) is 0 Å². The van der Waals surface area contributed by atoms with Crippen LogP contribution in [0.5, 0.6) is 0 Å². The zero-order chi connectivity index (χ0) is 17.0. The zero-order valence-corrected chi connectivity index (χ0v) is 14.4. The molecule has 0 bridgehead atoms. The van der Waals surface area contributed by atoms with E-state index in [-0.39, 0.29) is 28.9 Å². The summed E-state index contributed by atoms with van der Waals surface area (Å²) in [4.78, 5) is 13.8. The van der Waals surface area contributed by atoms with E-state index in [0.717, 1.165) is 4.88 Å². The van der Waals surface area contributed by atoms with Crippen LogP contribution in [0, 0.1) is 12.7 Å². The number of hydrogen-bond acceptors (Lipinski definition) is 4. The number of amides is 1. The molecule has 0 aliphatic heterocycles. The summed E-state index contributed by atoms with van der Waals surface area (Å²) in [6, 6.07) is 9.13. The number of para-hydroxylation sites is 1. The fourth-order valence-corrected chi connectivity index (χ4v) is 4.39. The van der Waals surface area contributed by atoms with Crippen LogP contribution < -0.4 is 9.62 Å². The molecule has 0 radical (unpaired) electrons. The van der Waals surface area contributed by atoms with Gasteiger partial charge in [0.05, 0.1) is 5.69 Å². The van der Waals surface area contributed by atoms with Gasteiger partial charge in [-0.2, -0.15) is 0 Å². The van der Waals surface area contributed by atoms with E-state index < -0.39 is 15.8 Å². The lowest BCUT2D eigenvalue weighted by atomic mass is 10.2. The van der Waals surface area contributed by atoms with E-state index in [4.69, 9.17) is 0 Å². The van der Waals surface area contributed by atoms with Gasteiger partial charge in [-0.15, -0.1) is 11.3 Å². The fourth-order valence-electron chi connectivity index (χ4n) is 2.04. The van der Waals surface area contributed by atoms with Crippen LogP contribution in [-0.2, 0) is 14.8 Å². The lowest BCUT2D eigenvalue weighted by molar-refractivity contribution is -0.116. The van der Waals surface area contributed by atoms with Gasteiger partial charge in [0.15, 0.2) is 0 Å². The van der Waals surface area contributed by atoms with Gasteiger partial charge in [0.1, 0.15) is 10.0 Å². The second-order valence-electron chi connectivity index (χ2n) is 4.88. The average molecular weight is 356 g/mol. The molecule has 1 aromatic heterocycles. The predicted octanol–water partition coefficient (Wildman–Crippen LogP) is 2.53. The molecule has 1 heterocycles. The van der Waals surface area contributed by atoms with E-state index in [2.05, 4.69) is 4.72 Å². The standard InChI is InChI=1S/C15H17FN2O3S2/c1-11-7-8-15(22-11)23(20,21)17-9-10-18(12(2)19)14-6-4-3-5-13(14)16/h3-8,17H,9-10H2,1-2H3. The monoisotopic (exact) mass is 356 g/mol. The maximum atomic E-state index is 13.8. The summed E-state index contributed by atoms with van der Waals surface area (Å²) in [6.07, 6.45) is 0. The number of anilines is 1. The number of rotatable bonds is 6. The minimum atomic E-state index is -3.62. The molecule has 8 heteroatoms. The van der Waals surface area contributed by atoms with E-state index in [1.165, 1.54) is 47.4 Å². The first-order chi connectivity index (χ1) is 10.8. The Morgan fingerprint density at radius 2 is 1.96 bits per heavy atom. The van der Waals surface area contributed by atoms with Crippen molar-refractivity contribution in [2.24, 2.45) is 0 Å². The Balaban J connectivity index is 2.06. The molecule has 124 valence electrons. The summed E-state index contributed by atoms with van der Waals surface area (Å²) in [5.41, 5.74) is 0.131. The van der Waals surface area contributed by atoms with Gasteiger partial charge in [0, 0.05) is 24.9 Å². The van der Waals surface area contributed by atoms with Crippen LogP contribution in [0.2, 0.25) is 0 Å². The van der Waals surface area contributed by atoms with E-state index in [0.29, 0.717) is 0 Å². The summed E-state index contributed by atoms with van der Waals surface area (Å²) >= 11 is 1.17. The largest absolute Gasteiger partial charge is 0.309 e. The van der Waals surface area contributed by atoms with Gasteiger partial charge in [-0.3, -0.25) is 4.79 Å². The van der Waals surface area contributed by atoms with Crippen molar-refractivity contribution in [1.29, 1.82) is 0 Å². The van der Waals surface area contributed by atoms with Crippen molar-refractivity contribution in [2.75, 3.05) is 18.0 Å². The predicted molar refractivity (Wildman–Crippen MR) is 88.7 cm³/mol. The SMILES string of the molecule is CC(=O)N(CCNS(=O)(=O)c1ccc(C)s1)c1ccccc1F. The Labute approximate surface area is 138 Å². The lowest BCUT2D eigenvalue weighted by Gasteiger charge is -2.21. The minimum Gasteiger partial charge on any atom is -0.309 e. The van der Waals surface area contributed by atoms with Gasteiger partial charge in [-0.05, 0) is 31.2 Å². The fraction of sp³-hybridized carbons (Fsp3) is 0.267. The molecule has 0 spiro atoms. The molecule has 2 rings (SSSR count). The molecule has 0 atom stereocenters. The molecule has 1 N–H and O–H groups in total. The Bertz CT molecular complexity index is 803. The Hall–Kier alpha value is -1.77. The smallest absolute Gasteiger partial charge is 0.250 e. The maximum Gasteiger partial charge on any atom is 0.250 e. The summed E-state index contributed by atoms with van der Waals surface area (Å²) in [5, 5.41) is 0. The normalized spacial score (nSPS) is 11.4. The summed E-state index contributed by atoms with van der Waals surface area (Å²) in [5.74, 6) is -0.888. The van der Waals surface area contributed by atoms with Gasteiger partial charge in [-0.1, -0.05) is 12.1 Å². The number of nitrogens with zero attached hydrogens (tertiary/aromatic N) is 1. The number of carbonyl (C=O) groups is 1. The molecule has 0 aliphatic rings. The van der Waals surface area contributed by atoms with Gasteiger partial charge < -0.3 is 4.90 Å². The van der Waals surface area contributed by atoms with Gasteiger partial charge in [-0.25, -0.2) is 17.5 Å². The highest BCUT2D eigenvalue weighted by atomic mass is 32.2. The van der Waals surface area contributed by atoms with Crippen molar-refractivity contribution in [3.8, 4) is 0 Å². The van der Waals surface area contributed by atoms with Crippen LogP contribution in [0.15, 0.2) is 40.6 Å². The van der Waals surface area contributed by atoms with Crippen LogP contribution in [0.3, 0.4) is 0 Å². The van der Waals surface area contributed by atoms with E-state index in [1.54, 1.807) is 12.1 Å². The topological polar surface area (TPSA) is 66.5 Å². The van der Waals surface area contributed by atoms with Gasteiger partial charge >= 0.3 is 0 Å². The second kappa shape index (κ2) is 7.20. The van der Waals surface area contributed by atoms with Crippen molar-refractivity contribution in [1.82, 2.24) is 4.72 Å². The number of aryl methyl sites for hydroxylation is 1. The number of nitrogens with one attached hydrogen (secondary N) is 1. The van der Waals surface area contributed by atoms with Crippen LogP contribution >= 0.6 is 11.3 Å². The molecule has 0 unspecified atom stereocenters. The van der Waals surface area contributed by atoms with E-state index >= 15 is 0 Å². The second-order valence-corrected chi connectivity index (χ2v) is 8.17. The van der Waals surface area contributed by atoms with Crippen molar-refractivity contribution < 1.29 is 17.6 Å². The molecule has 23 heavy (non-hydrogen) atoms. The van der Waals surface area contributed by atoms with Gasteiger partial charge in [0.2, 0.25) is 15.9 Å². The molecule has 1 aromatic carbocycles. The van der Waals surface area contributed by atoms with Crippen molar-refractivity contribution in [2.45, 2.75) is 18.1 Å².